The molecule has 202 valence electrons. The van der Waals surface area contributed by atoms with Crippen molar-refractivity contribution < 1.29 is 13.9 Å². The summed E-state index contributed by atoms with van der Waals surface area (Å²) in [5, 5.41) is 4.56. The maximum absolute atomic E-state index is 13.6. The van der Waals surface area contributed by atoms with Gasteiger partial charge >= 0.3 is 0 Å². The number of halogens is 1. The highest BCUT2D eigenvalue weighted by Gasteiger charge is 2.70. The van der Waals surface area contributed by atoms with Crippen molar-refractivity contribution in [3.8, 4) is 5.69 Å². The summed E-state index contributed by atoms with van der Waals surface area (Å²) in [5.74, 6) is 0.651. The number of nitrogens with zero attached hydrogens (tertiary/aromatic N) is 4. The Hall–Kier alpha value is -3.55. The van der Waals surface area contributed by atoms with Gasteiger partial charge in [0.1, 0.15) is 5.82 Å². The SMILES string of the molecule is C=C(/C(C)=C\c1c(C)cnn1-c1ccc(F)cc1)[C@]12CN(C(=O)c3ccccc3)C[C@H]1[C@@H]2CN1CCOCC1. The molecule has 3 heterocycles. The van der Waals surface area contributed by atoms with E-state index in [4.69, 9.17) is 4.74 Å². The van der Waals surface area contributed by atoms with Crippen LogP contribution in [-0.2, 0) is 4.74 Å². The number of ether oxygens (including phenoxy) is 1. The molecule has 2 aliphatic heterocycles. The molecule has 1 saturated carbocycles. The van der Waals surface area contributed by atoms with Gasteiger partial charge < -0.3 is 9.64 Å². The number of piperidine rings is 1. The predicted octanol–water partition coefficient (Wildman–Crippen LogP) is 5.00. The summed E-state index contributed by atoms with van der Waals surface area (Å²) in [7, 11) is 0. The van der Waals surface area contributed by atoms with Gasteiger partial charge in [0.25, 0.3) is 5.91 Å². The standard InChI is InChI=1S/C32H35FN4O2/c1-22(17-30-23(2)18-34-37(30)27-11-9-26(33)10-12-27)24(3)32-21-36(31(38)25-7-5-4-6-8-25)20-29(32)28(32)19-35-13-15-39-16-14-35/h4-12,17-18,28-29H,3,13-16,19-21H2,1-2H3/b22-17-/t28-,29-,32-/m0/s1. The summed E-state index contributed by atoms with van der Waals surface area (Å²) in [4.78, 5) is 17.9. The number of hydrogen-bond acceptors (Lipinski definition) is 4. The van der Waals surface area contributed by atoms with Crippen molar-refractivity contribution in [1.29, 1.82) is 0 Å². The quantitative estimate of drug-likeness (QED) is 0.407. The Bertz CT molecular complexity index is 1410. The van der Waals surface area contributed by atoms with Gasteiger partial charge in [0.15, 0.2) is 0 Å². The van der Waals surface area contributed by atoms with Crippen LogP contribution in [0.25, 0.3) is 11.8 Å². The molecule has 0 unspecified atom stereocenters. The van der Waals surface area contributed by atoms with Crippen molar-refractivity contribution in [3.05, 3.63) is 101 Å². The highest BCUT2D eigenvalue weighted by molar-refractivity contribution is 5.94. The molecule has 3 fully saturated rings. The number of allylic oxidation sites excluding steroid dienone is 1. The first-order valence-electron chi connectivity index (χ1n) is 13.7. The number of amides is 1. The normalized spacial score (nSPS) is 25.0. The Morgan fingerprint density at radius 3 is 2.59 bits per heavy atom. The molecule has 39 heavy (non-hydrogen) atoms. The number of fused-ring (bicyclic) bond motifs is 1. The van der Waals surface area contributed by atoms with Gasteiger partial charge in [0.05, 0.1) is 30.8 Å². The lowest BCUT2D eigenvalue weighted by Crippen LogP contribution is -2.41. The van der Waals surface area contributed by atoms with E-state index >= 15 is 0 Å². The molecular weight excluding hydrogens is 491 g/mol. The second-order valence-electron chi connectivity index (χ2n) is 11.1. The number of rotatable bonds is 7. The Morgan fingerprint density at radius 1 is 1.15 bits per heavy atom. The largest absolute Gasteiger partial charge is 0.379 e. The van der Waals surface area contributed by atoms with E-state index in [2.05, 4.69) is 29.6 Å². The van der Waals surface area contributed by atoms with Gasteiger partial charge in [-0.15, -0.1) is 0 Å². The van der Waals surface area contributed by atoms with E-state index in [1.807, 2.05) is 53.0 Å². The molecule has 0 radical (unpaired) electrons. The topological polar surface area (TPSA) is 50.6 Å². The zero-order valence-electron chi connectivity index (χ0n) is 22.6. The van der Waals surface area contributed by atoms with Gasteiger partial charge in [0.2, 0.25) is 0 Å². The molecular formula is C32H35FN4O2. The fraction of sp³-hybridized carbons (Fsp3) is 0.375. The molecule has 3 aliphatic rings. The molecule has 1 aliphatic carbocycles. The Labute approximate surface area is 229 Å². The highest BCUT2D eigenvalue weighted by atomic mass is 19.1. The molecule has 0 spiro atoms. The molecule has 6 nitrogen and oxygen atoms in total. The first-order valence-corrected chi connectivity index (χ1v) is 13.7. The van der Waals surface area contributed by atoms with Crippen molar-refractivity contribution in [2.45, 2.75) is 13.8 Å². The summed E-state index contributed by atoms with van der Waals surface area (Å²) in [6.45, 7) is 14.7. The number of benzene rings is 2. The van der Waals surface area contributed by atoms with E-state index in [9.17, 15) is 9.18 Å². The van der Waals surface area contributed by atoms with Crippen LogP contribution < -0.4 is 0 Å². The zero-order chi connectivity index (χ0) is 27.1. The van der Waals surface area contributed by atoms with E-state index in [1.165, 1.54) is 12.1 Å². The monoisotopic (exact) mass is 526 g/mol. The molecule has 3 atom stereocenters. The average Bonchev–Trinajstić information content (AvgIpc) is 3.22. The van der Waals surface area contributed by atoms with Gasteiger partial charge in [-0.25, -0.2) is 9.07 Å². The summed E-state index contributed by atoms with van der Waals surface area (Å²) in [6.07, 6.45) is 3.98. The van der Waals surface area contributed by atoms with Crippen molar-refractivity contribution in [2.75, 3.05) is 45.9 Å². The lowest BCUT2D eigenvalue weighted by atomic mass is 9.87. The highest BCUT2D eigenvalue weighted by Crippen LogP contribution is 2.68. The first-order chi connectivity index (χ1) is 18.9. The van der Waals surface area contributed by atoms with E-state index in [-0.39, 0.29) is 17.1 Å². The number of aryl methyl sites for hydroxylation is 1. The smallest absolute Gasteiger partial charge is 0.253 e. The fourth-order valence-corrected chi connectivity index (χ4v) is 6.62. The third kappa shape index (κ3) is 4.64. The second-order valence-corrected chi connectivity index (χ2v) is 11.1. The molecule has 7 heteroatoms. The third-order valence-corrected chi connectivity index (χ3v) is 8.90. The summed E-state index contributed by atoms with van der Waals surface area (Å²) in [6, 6.07) is 15.9. The van der Waals surface area contributed by atoms with Gasteiger partial charge in [-0.3, -0.25) is 9.69 Å². The summed E-state index contributed by atoms with van der Waals surface area (Å²) >= 11 is 0. The van der Waals surface area contributed by atoms with E-state index in [0.29, 0.717) is 18.4 Å². The maximum Gasteiger partial charge on any atom is 0.253 e. The number of aromatic nitrogens is 2. The average molecular weight is 527 g/mol. The molecule has 3 aromatic rings. The Morgan fingerprint density at radius 2 is 1.87 bits per heavy atom. The third-order valence-electron chi connectivity index (χ3n) is 8.90. The van der Waals surface area contributed by atoms with Crippen LogP contribution in [0.5, 0.6) is 0 Å². The number of hydrogen-bond donors (Lipinski definition) is 0. The number of carbonyl (C=O) groups is 1. The number of likely N-dealkylation sites (tertiary alicyclic amines) is 1. The van der Waals surface area contributed by atoms with Crippen LogP contribution in [0.1, 0.15) is 28.5 Å². The van der Waals surface area contributed by atoms with Crippen molar-refractivity contribution >= 4 is 12.0 Å². The molecule has 0 N–H and O–H groups in total. The van der Waals surface area contributed by atoms with Crippen molar-refractivity contribution in [3.63, 3.8) is 0 Å². The Kier molecular flexibility index (Phi) is 6.73. The summed E-state index contributed by atoms with van der Waals surface area (Å²) in [5.41, 5.74) is 5.57. The maximum atomic E-state index is 13.6. The van der Waals surface area contributed by atoms with Crippen LogP contribution in [0.4, 0.5) is 4.39 Å². The van der Waals surface area contributed by atoms with Crippen molar-refractivity contribution in [2.24, 2.45) is 17.3 Å². The van der Waals surface area contributed by atoms with Gasteiger partial charge in [0, 0.05) is 43.7 Å². The van der Waals surface area contributed by atoms with Gasteiger partial charge in [-0.05, 0) is 84.9 Å². The lowest BCUT2D eigenvalue weighted by molar-refractivity contribution is 0.0323. The molecule has 6 rings (SSSR count). The molecule has 0 bridgehead atoms. The van der Waals surface area contributed by atoms with Gasteiger partial charge in [-0.1, -0.05) is 24.8 Å². The molecule has 1 amide bonds. The van der Waals surface area contributed by atoms with Crippen LogP contribution in [-0.4, -0.2) is 71.4 Å². The van der Waals surface area contributed by atoms with Crippen molar-refractivity contribution in [1.82, 2.24) is 19.6 Å². The van der Waals surface area contributed by atoms with Crippen LogP contribution >= 0.6 is 0 Å². The second kappa shape index (κ2) is 10.2. The molecule has 1 aromatic heterocycles. The molecule has 2 aromatic carbocycles. The van der Waals surface area contributed by atoms with Crippen LogP contribution in [0.15, 0.2) is 78.5 Å². The van der Waals surface area contributed by atoms with E-state index in [0.717, 1.165) is 73.0 Å². The van der Waals surface area contributed by atoms with E-state index < -0.39 is 0 Å². The number of morpholine rings is 1. The Balaban J connectivity index is 1.29. The summed E-state index contributed by atoms with van der Waals surface area (Å²) < 4.78 is 21.0. The predicted molar refractivity (Wildman–Crippen MR) is 150 cm³/mol. The minimum Gasteiger partial charge on any atom is -0.379 e. The number of carbonyl (C=O) groups excluding carboxylic acids is 1. The van der Waals surface area contributed by atoms with Gasteiger partial charge in [-0.2, -0.15) is 5.10 Å². The molecule has 2 saturated heterocycles. The van der Waals surface area contributed by atoms with Crippen LogP contribution in [0.3, 0.4) is 0 Å². The minimum absolute atomic E-state index is 0.0898. The first kappa shape index (κ1) is 25.7. The zero-order valence-corrected chi connectivity index (χ0v) is 22.6. The lowest BCUT2D eigenvalue weighted by Gasteiger charge is -2.31. The van der Waals surface area contributed by atoms with Crippen LogP contribution in [0, 0.1) is 30.0 Å². The fourth-order valence-electron chi connectivity index (χ4n) is 6.62. The van der Waals surface area contributed by atoms with E-state index in [1.54, 1.807) is 12.1 Å². The van der Waals surface area contributed by atoms with Crippen LogP contribution in [0.2, 0.25) is 0 Å². The minimum atomic E-state index is -0.273.